The monoisotopic (exact) mass is 301 g/mol. The summed E-state index contributed by atoms with van der Waals surface area (Å²) in [6.45, 7) is -1.29. The van der Waals surface area contributed by atoms with Gasteiger partial charge in [0.2, 0.25) is 0 Å². The second kappa shape index (κ2) is 5.25. The lowest BCUT2D eigenvalue weighted by molar-refractivity contribution is -0.185. The maximum absolute atomic E-state index is 12.0. The van der Waals surface area contributed by atoms with E-state index in [2.05, 4.69) is 0 Å². The Morgan fingerprint density at radius 1 is 1.31 bits per heavy atom. The van der Waals surface area contributed by atoms with Crippen LogP contribution in [0.3, 0.4) is 0 Å². The number of hydrogen-bond donors (Lipinski definition) is 1. The summed E-state index contributed by atoms with van der Waals surface area (Å²) in [5, 5.41) is 8.26. The molecule has 11 heteroatoms. The van der Waals surface area contributed by atoms with Gasteiger partial charge >= 0.3 is 18.1 Å². The minimum absolute atomic E-state index is 0.233. The van der Waals surface area contributed by atoms with Gasteiger partial charge in [-0.3, -0.25) is 14.2 Å². The fraction of sp³-hybridized carbons (Fsp3) is 0.600. The molecule has 0 saturated heterocycles. The van der Waals surface area contributed by atoms with Crippen LogP contribution in [0.15, 0.2) is 0 Å². The molecule has 0 aliphatic heterocycles. The van der Waals surface area contributed by atoms with E-state index in [-0.39, 0.29) is 4.90 Å². The van der Waals surface area contributed by atoms with Crippen LogP contribution in [-0.2, 0) is 14.2 Å². The molecule has 0 atom stereocenters. The molecule has 0 radical (unpaired) electrons. The number of aliphatic carboxylic acids is 1. The molecule has 0 heterocycles. The van der Waals surface area contributed by atoms with Crippen LogP contribution in [0, 0.1) is 0 Å². The average molecular weight is 302 g/mol. The molecule has 1 amide bonds. The van der Waals surface area contributed by atoms with Crippen molar-refractivity contribution in [1.29, 1.82) is 0 Å². The molecular weight excluding hydrogens is 297 g/mol. The van der Waals surface area contributed by atoms with Crippen LogP contribution in [0.4, 0.5) is 13.2 Å². The van der Waals surface area contributed by atoms with Gasteiger partial charge < -0.3 is 10.0 Å². The molecule has 0 bridgehead atoms. The zero-order valence-electron chi connectivity index (χ0n) is 7.37. The number of carboxylic acid groups (broad SMARTS) is 1. The van der Waals surface area contributed by atoms with Crippen LogP contribution in [-0.4, -0.2) is 40.9 Å². The highest BCUT2D eigenvalue weighted by Crippen LogP contribution is 2.56. The van der Waals surface area contributed by atoms with Gasteiger partial charge in [-0.05, 0) is 22.5 Å². The first-order chi connectivity index (χ1) is 6.93. The average Bonchev–Trinajstić information content (AvgIpc) is 1.96. The number of alkyl halides is 3. The zero-order valence-corrected chi connectivity index (χ0v) is 9.78. The lowest BCUT2D eigenvalue weighted by atomic mass is 10.5. The fourth-order valence-corrected chi connectivity index (χ4v) is 2.13. The zero-order chi connectivity index (χ0) is 13.1. The van der Waals surface area contributed by atoms with Crippen molar-refractivity contribution in [1.82, 2.24) is 4.90 Å². The summed E-state index contributed by atoms with van der Waals surface area (Å²) in [6, 6.07) is 0. The number of carbonyl (C=O) groups is 2. The largest absolute Gasteiger partial charge is 0.480 e. The number of rotatable bonds is 4. The molecule has 94 valence electrons. The lowest BCUT2D eigenvalue weighted by Crippen LogP contribution is -2.43. The molecule has 1 N–H and O–H groups in total. The summed E-state index contributed by atoms with van der Waals surface area (Å²) in [4.78, 5) is 20.6. The number of carboxylic acids is 1. The number of hydrogen-bond acceptors (Lipinski definition) is 3. The van der Waals surface area contributed by atoms with Crippen LogP contribution in [0.25, 0.3) is 0 Å². The minimum Gasteiger partial charge on any atom is -0.480 e. The van der Waals surface area contributed by atoms with E-state index in [1.54, 1.807) is 0 Å². The van der Waals surface area contributed by atoms with Crippen LogP contribution in [0.2, 0.25) is 0 Å². The van der Waals surface area contributed by atoms with E-state index in [4.69, 9.17) is 27.6 Å². The highest BCUT2D eigenvalue weighted by molar-refractivity contribution is 8.08. The van der Waals surface area contributed by atoms with Gasteiger partial charge in [-0.15, -0.1) is 0 Å². The summed E-state index contributed by atoms with van der Waals surface area (Å²) in [7, 11) is 0. The maximum Gasteiger partial charge on any atom is 0.471 e. The number of amides is 1. The number of carbonyl (C=O) groups excluding carboxylic acids is 1. The van der Waals surface area contributed by atoms with Crippen LogP contribution >= 0.6 is 28.3 Å². The normalized spacial score (nSPS) is 12.3. The molecule has 0 spiro atoms. The van der Waals surface area contributed by atoms with E-state index in [0.29, 0.717) is 0 Å². The van der Waals surface area contributed by atoms with Crippen molar-refractivity contribution >= 4 is 40.2 Å². The van der Waals surface area contributed by atoms with Crippen molar-refractivity contribution in [3.05, 3.63) is 0 Å². The molecule has 0 saturated carbocycles. The standard InChI is InChI=1S/C5H5Cl2F3NO4P/c6-16(7,15)2-11(1-3(12)13)4(14)5(8,9)10/h1-2H2,(H,12,13). The van der Waals surface area contributed by atoms with E-state index in [1.165, 1.54) is 0 Å². The van der Waals surface area contributed by atoms with E-state index in [0.717, 1.165) is 0 Å². The van der Waals surface area contributed by atoms with E-state index >= 15 is 0 Å². The van der Waals surface area contributed by atoms with Gasteiger partial charge in [-0.25, -0.2) is 0 Å². The van der Waals surface area contributed by atoms with Crippen molar-refractivity contribution in [2.75, 3.05) is 12.8 Å². The molecule has 0 aromatic heterocycles. The second-order valence-corrected chi connectivity index (χ2v) is 7.82. The van der Waals surface area contributed by atoms with Gasteiger partial charge in [0.15, 0.2) is 0 Å². The number of halogens is 5. The molecule has 0 aromatic rings. The first kappa shape index (κ1) is 15.5. The molecule has 0 rings (SSSR count). The first-order valence-electron chi connectivity index (χ1n) is 3.50. The van der Waals surface area contributed by atoms with Gasteiger partial charge in [0.05, 0.1) is 0 Å². The third kappa shape index (κ3) is 6.19. The topological polar surface area (TPSA) is 74.7 Å². The van der Waals surface area contributed by atoms with E-state index in [1.807, 2.05) is 0 Å². The molecule has 16 heavy (non-hydrogen) atoms. The van der Waals surface area contributed by atoms with Crippen LogP contribution < -0.4 is 0 Å². The molecule has 0 fully saturated rings. The molecule has 0 aliphatic carbocycles. The second-order valence-electron chi connectivity index (χ2n) is 2.61. The van der Waals surface area contributed by atoms with E-state index < -0.39 is 36.7 Å². The highest BCUT2D eigenvalue weighted by atomic mass is 35.9. The Hall–Kier alpha value is -0.460. The quantitative estimate of drug-likeness (QED) is 0.807. The smallest absolute Gasteiger partial charge is 0.471 e. The Morgan fingerprint density at radius 3 is 2.00 bits per heavy atom. The van der Waals surface area contributed by atoms with Crippen molar-refractivity contribution < 1.29 is 32.4 Å². The van der Waals surface area contributed by atoms with Crippen LogP contribution in [0.5, 0.6) is 0 Å². The first-order valence-corrected chi connectivity index (χ1v) is 7.20. The summed E-state index contributed by atoms with van der Waals surface area (Å²) in [5.41, 5.74) is 0. The molecule has 0 aliphatic rings. The molecular formula is C5H5Cl2F3NO4P. The third-order valence-corrected chi connectivity index (χ3v) is 2.50. The predicted molar refractivity (Wildman–Crippen MR) is 49.6 cm³/mol. The van der Waals surface area contributed by atoms with Gasteiger partial charge in [-0.1, -0.05) is 0 Å². The van der Waals surface area contributed by atoms with Gasteiger partial charge in [0.25, 0.3) is 5.85 Å². The maximum atomic E-state index is 12.0. The molecule has 0 aromatic carbocycles. The van der Waals surface area contributed by atoms with Crippen molar-refractivity contribution in [2.45, 2.75) is 6.18 Å². The van der Waals surface area contributed by atoms with Gasteiger partial charge in [0.1, 0.15) is 12.8 Å². The molecule has 0 unspecified atom stereocenters. The number of nitrogens with zero attached hydrogens (tertiary/aromatic N) is 1. The fourth-order valence-electron chi connectivity index (χ4n) is 0.727. The summed E-state index contributed by atoms with van der Waals surface area (Å²) >= 11 is 9.94. The Balaban J connectivity index is 4.89. The van der Waals surface area contributed by atoms with Crippen molar-refractivity contribution in [2.24, 2.45) is 0 Å². The molecule has 5 nitrogen and oxygen atoms in total. The third-order valence-electron chi connectivity index (χ3n) is 1.19. The van der Waals surface area contributed by atoms with Crippen molar-refractivity contribution in [3.8, 4) is 0 Å². The van der Waals surface area contributed by atoms with E-state index in [9.17, 15) is 27.3 Å². The SMILES string of the molecule is O=C(O)CN(CP(=O)(Cl)Cl)C(=O)C(F)(F)F. The Labute approximate surface area is 97.1 Å². The predicted octanol–water partition coefficient (Wildman–Crippen LogP) is 2.09. The van der Waals surface area contributed by atoms with Gasteiger partial charge in [-0.2, -0.15) is 13.2 Å². The van der Waals surface area contributed by atoms with Crippen LogP contribution in [0.1, 0.15) is 0 Å². The Bertz CT molecular complexity index is 341. The van der Waals surface area contributed by atoms with Crippen molar-refractivity contribution in [3.63, 3.8) is 0 Å². The highest BCUT2D eigenvalue weighted by Gasteiger charge is 2.44. The Kier molecular flexibility index (Phi) is 5.10. The van der Waals surface area contributed by atoms with Gasteiger partial charge in [0, 0.05) is 0 Å². The minimum atomic E-state index is -5.28. The summed E-state index contributed by atoms with van der Waals surface area (Å²) < 4.78 is 46.7. The lowest BCUT2D eigenvalue weighted by Gasteiger charge is -2.21. The summed E-state index contributed by atoms with van der Waals surface area (Å²) in [5.74, 6) is -8.19. The summed E-state index contributed by atoms with van der Waals surface area (Å²) in [6.07, 6.45) is -6.46. The Morgan fingerprint density at radius 2 is 1.75 bits per heavy atom.